The normalized spacial score (nSPS) is 11.7. The molecule has 0 radical (unpaired) electrons. The number of nitrogens with one attached hydrogen (secondary N) is 2. The second-order valence-electron chi connectivity index (χ2n) is 5.84. The van der Waals surface area contributed by atoms with Crippen LogP contribution in [-0.4, -0.2) is 36.5 Å². The standard InChI is InChI=1S/C17H29N3O/c1-6-20(7-2)13-15-10-8-14(9-11-15)12-19-16(21)17(3,4)18-5/h8-11,18H,6-7,12-13H2,1-5H3,(H,19,21). The van der Waals surface area contributed by atoms with Crippen molar-refractivity contribution in [3.63, 3.8) is 0 Å². The molecule has 1 amide bonds. The topological polar surface area (TPSA) is 44.4 Å². The summed E-state index contributed by atoms with van der Waals surface area (Å²) < 4.78 is 0. The number of nitrogens with zero attached hydrogens (tertiary/aromatic N) is 1. The molecule has 0 aliphatic carbocycles. The van der Waals surface area contributed by atoms with Gasteiger partial charge in [0.2, 0.25) is 5.91 Å². The van der Waals surface area contributed by atoms with E-state index in [0.29, 0.717) is 6.54 Å². The molecule has 118 valence electrons. The Morgan fingerprint density at radius 1 is 1.10 bits per heavy atom. The summed E-state index contributed by atoms with van der Waals surface area (Å²) in [5.41, 5.74) is 1.89. The van der Waals surface area contributed by atoms with E-state index in [9.17, 15) is 4.79 Å². The number of likely N-dealkylation sites (N-methyl/N-ethyl adjacent to an activating group) is 1. The van der Waals surface area contributed by atoms with Crippen molar-refractivity contribution in [3.8, 4) is 0 Å². The van der Waals surface area contributed by atoms with Gasteiger partial charge in [0.15, 0.2) is 0 Å². The number of carbonyl (C=O) groups is 1. The molecule has 0 aliphatic heterocycles. The average molecular weight is 291 g/mol. The Hall–Kier alpha value is -1.39. The van der Waals surface area contributed by atoms with E-state index < -0.39 is 5.54 Å². The van der Waals surface area contributed by atoms with Crippen LogP contribution in [0.15, 0.2) is 24.3 Å². The maximum Gasteiger partial charge on any atom is 0.239 e. The minimum absolute atomic E-state index is 0.0113. The Kier molecular flexibility index (Phi) is 6.85. The highest BCUT2D eigenvalue weighted by Crippen LogP contribution is 2.08. The fourth-order valence-electron chi connectivity index (χ4n) is 1.98. The van der Waals surface area contributed by atoms with Crippen LogP contribution in [0.1, 0.15) is 38.8 Å². The molecular formula is C17H29N3O. The number of hydrogen-bond donors (Lipinski definition) is 2. The molecule has 0 fully saturated rings. The zero-order valence-electron chi connectivity index (χ0n) is 14.0. The van der Waals surface area contributed by atoms with Gasteiger partial charge in [-0.1, -0.05) is 38.1 Å². The summed E-state index contributed by atoms with van der Waals surface area (Å²) in [6, 6.07) is 8.46. The van der Waals surface area contributed by atoms with Crippen LogP contribution < -0.4 is 10.6 Å². The summed E-state index contributed by atoms with van der Waals surface area (Å²) in [6.45, 7) is 11.8. The third-order valence-corrected chi connectivity index (χ3v) is 3.97. The van der Waals surface area contributed by atoms with E-state index in [1.165, 1.54) is 5.56 Å². The van der Waals surface area contributed by atoms with Gasteiger partial charge in [-0.3, -0.25) is 9.69 Å². The molecule has 21 heavy (non-hydrogen) atoms. The van der Waals surface area contributed by atoms with Crippen LogP contribution in [-0.2, 0) is 17.9 Å². The highest BCUT2D eigenvalue weighted by atomic mass is 16.2. The van der Waals surface area contributed by atoms with Crippen LogP contribution in [0.4, 0.5) is 0 Å². The van der Waals surface area contributed by atoms with Crippen molar-refractivity contribution in [1.82, 2.24) is 15.5 Å². The number of amides is 1. The lowest BCUT2D eigenvalue weighted by Crippen LogP contribution is -2.50. The SMILES string of the molecule is CCN(CC)Cc1ccc(CNC(=O)C(C)(C)NC)cc1. The van der Waals surface area contributed by atoms with E-state index in [0.717, 1.165) is 25.2 Å². The van der Waals surface area contributed by atoms with E-state index >= 15 is 0 Å². The number of carbonyl (C=O) groups excluding carboxylic acids is 1. The highest BCUT2D eigenvalue weighted by Gasteiger charge is 2.24. The van der Waals surface area contributed by atoms with Crippen molar-refractivity contribution in [2.75, 3.05) is 20.1 Å². The minimum Gasteiger partial charge on any atom is -0.350 e. The van der Waals surface area contributed by atoms with Gasteiger partial charge >= 0.3 is 0 Å². The third kappa shape index (κ3) is 5.48. The molecule has 1 aromatic carbocycles. The predicted molar refractivity (Wildman–Crippen MR) is 88.1 cm³/mol. The van der Waals surface area contributed by atoms with Crippen LogP contribution in [0, 0.1) is 0 Å². The van der Waals surface area contributed by atoms with Crippen LogP contribution in [0.5, 0.6) is 0 Å². The number of benzene rings is 1. The fraction of sp³-hybridized carbons (Fsp3) is 0.588. The second-order valence-corrected chi connectivity index (χ2v) is 5.84. The van der Waals surface area contributed by atoms with Gasteiger partial charge in [-0.25, -0.2) is 0 Å². The van der Waals surface area contributed by atoms with E-state index in [1.54, 1.807) is 7.05 Å². The lowest BCUT2D eigenvalue weighted by atomic mass is 10.0. The van der Waals surface area contributed by atoms with Gasteiger partial charge in [0.1, 0.15) is 0 Å². The summed E-state index contributed by atoms with van der Waals surface area (Å²) >= 11 is 0. The Morgan fingerprint density at radius 2 is 1.62 bits per heavy atom. The third-order valence-electron chi connectivity index (χ3n) is 3.97. The van der Waals surface area contributed by atoms with E-state index in [1.807, 2.05) is 13.8 Å². The minimum atomic E-state index is -0.539. The van der Waals surface area contributed by atoms with Crippen LogP contribution in [0.25, 0.3) is 0 Å². The zero-order valence-corrected chi connectivity index (χ0v) is 14.0. The summed E-state index contributed by atoms with van der Waals surface area (Å²) in [5, 5.41) is 5.96. The summed E-state index contributed by atoms with van der Waals surface area (Å²) in [5.74, 6) is 0.0113. The molecule has 0 bridgehead atoms. The summed E-state index contributed by atoms with van der Waals surface area (Å²) in [6.07, 6.45) is 0. The summed E-state index contributed by atoms with van der Waals surface area (Å²) in [4.78, 5) is 14.4. The average Bonchev–Trinajstić information content (AvgIpc) is 2.51. The van der Waals surface area contributed by atoms with Gasteiger partial charge in [-0.05, 0) is 45.1 Å². The molecule has 0 aliphatic rings. The molecule has 0 aromatic heterocycles. The van der Waals surface area contributed by atoms with Crippen molar-refractivity contribution in [2.24, 2.45) is 0 Å². The van der Waals surface area contributed by atoms with Gasteiger partial charge in [-0.2, -0.15) is 0 Å². The fourth-order valence-corrected chi connectivity index (χ4v) is 1.98. The van der Waals surface area contributed by atoms with Crippen molar-refractivity contribution >= 4 is 5.91 Å². The number of rotatable bonds is 8. The van der Waals surface area contributed by atoms with E-state index in [2.05, 4.69) is 53.6 Å². The van der Waals surface area contributed by atoms with Crippen molar-refractivity contribution < 1.29 is 4.79 Å². The predicted octanol–water partition coefficient (Wildman–Crippen LogP) is 2.14. The number of hydrogen-bond acceptors (Lipinski definition) is 3. The molecule has 1 aromatic rings. The molecule has 0 spiro atoms. The van der Waals surface area contributed by atoms with Gasteiger partial charge in [0.25, 0.3) is 0 Å². The molecule has 0 saturated heterocycles. The first-order valence-corrected chi connectivity index (χ1v) is 7.70. The Labute approximate surface area is 128 Å². The second kappa shape index (κ2) is 8.15. The maximum absolute atomic E-state index is 12.0. The Balaban J connectivity index is 2.53. The Bertz CT molecular complexity index is 436. The summed E-state index contributed by atoms with van der Waals surface area (Å²) in [7, 11) is 1.79. The van der Waals surface area contributed by atoms with Crippen LogP contribution >= 0.6 is 0 Å². The van der Waals surface area contributed by atoms with Gasteiger partial charge in [-0.15, -0.1) is 0 Å². The molecule has 4 heteroatoms. The van der Waals surface area contributed by atoms with Gasteiger partial charge < -0.3 is 10.6 Å². The van der Waals surface area contributed by atoms with Crippen LogP contribution in [0.2, 0.25) is 0 Å². The highest BCUT2D eigenvalue weighted by molar-refractivity contribution is 5.85. The molecule has 4 nitrogen and oxygen atoms in total. The molecule has 2 N–H and O–H groups in total. The first-order valence-electron chi connectivity index (χ1n) is 7.70. The molecular weight excluding hydrogens is 262 g/mol. The molecule has 0 saturated carbocycles. The first-order chi connectivity index (χ1) is 9.92. The zero-order chi connectivity index (χ0) is 15.9. The van der Waals surface area contributed by atoms with E-state index in [4.69, 9.17) is 0 Å². The largest absolute Gasteiger partial charge is 0.350 e. The smallest absolute Gasteiger partial charge is 0.239 e. The quantitative estimate of drug-likeness (QED) is 0.771. The lowest BCUT2D eigenvalue weighted by molar-refractivity contribution is -0.126. The van der Waals surface area contributed by atoms with Gasteiger partial charge in [0, 0.05) is 13.1 Å². The van der Waals surface area contributed by atoms with Crippen molar-refractivity contribution in [2.45, 2.75) is 46.3 Å². The molecule has 1 rings (SSSR count). The van der Waals surface area contributed by atoms with Crippen molar-refractivity contribution in [3.05, 3.63) is 35.4 Å². The maximum atomic E-state index is 12.0. The van der Waals surface area contributed by atoms with Gasteiger partial charge in [0.05, 0.1) is 5.54 Å². The molecule has 0 atom stereocenters. The first kappa shape index (κ1) is 17.7. The molecule has 0 unspecified atom stereocenters. The van der Waals surface area contributed by atoms with Crippen LogP contribution in [0.3, 0.4) is 0 Å². The molecule has 0 heterocycles. The lowest BCUT2D eigenvalue weighted by Gasteiger charge is -2.22. The van der Waals surface area contributed by atoms with Crippen molar-refractivity contribution in [1.29, 1.82) is 0 Å². The Morgan fingerprint density at radius 3 is 2.10 bits per heavy atom. The van der Waals surface area contributed by atoms with E-state index in [-0.39, 0.29) is 5.91 Å². The monoisotopic (exact) mass is 291 g/mol.